The van der Waals surface area contributed by atoms with Crippen LogP contribution in [0.15, 0.2) is 30.3 Å². The van der Waals surface area contributed by atoms with Crippen molar-refractivity contribution in [3.8, 4) is 0 Å². The molecule has 0 saturated heterocycles. The Balaban J connectivity index is 2.00. The van der Waals surface area contributed by atoms with E-state index in [4.69, 9.17) is 16.3 Å². The van der Waals surface area contributed by atoms with Crippen molar-refractivity contribution >= 4 is 35.6 Å². The van der Waals surface area contributed by atoms with Crippen molar-refractivity contribution in [1.29, 1.82) is 0 Å². The number of hydrogen-bond acceptors (Lipinski definition) is 5. The van der Waals surface area contributed by atoms with Gasteiger partial charge in [-0.3, -0.25) is 10.1 Å². The van der Waals surface area contributed by atoms with Crippen LogP contribution in [-0.4, -0.2) is 40.3 Å². The number of ether oxygens (including phenoxy) is 1. The van der Waals surface area contributed by atoms with Crippen molar-refractivity contribution < 1.29 is 19.1 Å². The van der Waals surface area contributed by atoms with E-state index in [1.165, 1.54) is 19.1 Å². The third kappa shape index (κ3) is 6.45. The number of halogens is 1. The molecule has 0 aliphatic carbocycles. The summed E-state index contributed by atoms with van der Waals surface area (Å²) in [7, 11) is 0. The van der Waals surface area contributed by atoms with Crippen molar-refractivity contribution in [3.05, 3.63) is 57.9 Å². The van der Waals surface area contributed by atoms with E-state index in [-0.39, 0.29) is 0 Å². The minimum absolute atomic E-state index is 0.369. The Morgan fingerprint density at radius 3 is 2.53 bits per heavy atom. The Bertz CT molecular complexity index is 951. The molecule has 1 aromatic heterocycles. The quantitative estimate of drug-likeness (QED) is 0.517. The summed E-state index contributed by atoms with van der Waals surface area (Å²) in [5.74, 6) is -1.46. The van der Waals surface area contributed by atoms with Gasteiger partial charge in [0, 0.05) is 18.2 Å². The van der Waals surface area contributed by atoms with E-state index in [1.807, 2.05) is 31.2 Å². The monoisotopic (exact) mass is 432 g/mol. The minimum Gasteiger partial charge on any atom is -0.449 e. The molecule has 1 aromatic carbocycles. The second kappa shape index (κ2) is 10.6. The molecule has 0 aliphatic rings. The van der Waals surface area contributed by atoms with Gasteiger partial charge in [-0.25, -0.2) is 14.3 Å². The van der Waals surface area contributed by atoms with Crippen LogP contribution in [0.1, 0.15) is 36.2 Å². The Kier molecular flexibility index (Phi) is 8.17. The van der Waals surface area contributed by atoms with Crippen LogP contribution >= 0.6 is 11.6 Å². The number of aryl methyl sites for hydroxylation is 2. The van der Waals surface area contributed by atoms with Crippen LogP contribution in [0.5, 0.6) is 0 Å². The number of carbonyl (C=O) groups excluding carboxylic acids is 3. The van der Waals surface area contributed by atoms with Crippen molar-refractivity contribution in [3.63, 3.8) is 0 Å². The topological polar surface area (TPSA) is 102 Å². The van der Waals surface area contributed by atoms with E-state index in [0.717, 1.165) is 11.1 Å². The van der Waals surface area contributed by atoms with E-state index in [9.17, 15) is 14.4 Å². The number of benzene rings is 1. The zero-order valence-corrected chi connectivity index (χ0v) is 18.1. The fraction of sp³-hybridized carbons (Fsp3) is 0.333. The van der Waals surface area contributed by atoms with Gasteiger partial charge < -0.3 is 10.1 Å². The van der Waals surface area contributed by atoms with Gasteiger partial charge in [0.05, 0.1) is 12.2 Å². The fourth-order valence-electron chi connectivity index (χ4n) is 2.56. The summed E-state index contributed by atoms with van der Waals surface area (Å²) in [6, 6.07) is 7.38. The summed E-state index contributed by atoms with van der Waals surface area (Å²) >= 11 is 6.43. The average molecular weight is 433 g/mol. The molecule has 2 N–H and O–H groups in total. The molecule has 1 atom stereocenters. The lowest BCUT2D eigenvalue weighted by atomic mass is 10.1. The van der Waals surface area contributed by atoms with Crippen molar-refractivity contribution in [2.75, 3.05) is 6.54 Å². The highest BCUT2D eigenvalue weighted by molar-refractivity contribution is 6.31. The van der Waals surface area contributed by atoms with Gasteiger partial charge in [0.1, 0.15) is 5.15 Å². The molecule has 160 valence electrons. The summed E-state index contributed by atoms with van der Waals surface area (Å²) in [4.78, 5) is 35.2. The summed E-state index contributed by atoms with van der Waals surface area (Å²) in [6.07, 6.45) is 1.53. The number of hydrogen-bond donors (Lipinski definition) is 2. The second-order valence-electron chi connectivity index (χ2n) is 6.69. The third-order valence-electron chi connectivity index (χ3n) is 4.18. The van der Waals surface area contributed by atoms with Crippen LogP contribution in [0.2, 0.25) is 5.15 Å². The van der Waals surface area contributed by atoms with Crippen LogP contribution in [0, 0.1) is 13.8 Å². The van der Waals surface area contributed by atoms with Crippen LogP contribution in [-0.2, 0) is 20.9 Å². The van der Waals surface area contributed by atoms with Gasteiger partial charge in [-0.15, -0.1) is 0 Å². The smallest absolute Gasteiger partial charge is 0.331 e. The van der Waals surface area contributed by atoms with Gasteiger partial charge in [0.2, 0.25) is 0 Å². The highest BCUT2D eigenvalue weighted by Crippen LogP contribution is 2.22. The molecular formula is C21H25ClN4O4. The van der Waals surface area contributed by atoms with E-state index in [2.05, 4.69) is 15.7 Å². The Morgan fingerprint density at radius 2 is 1.90 bits per heavy atom. The van der Waals surface area contributed by atoms with E-state index in [1.54, 1.807) is 18.5 Å². The standard InChI is InChI=1S/C21H25ClN4O4/c1-5-23-21(29)24-20(28)15(4)30-18(27)11-10-17-14(3)25-26(19(17)22)12-16-8-6-13(2)7-9-16/h6-11,15H,5,12H2,1-4H3,(H2,23,24,28,29)/b11-10+. The number of nitrogens with one attached hydrogen (secondary N) is 2. The van der Waals surface area contributed by atoms with Gasteiger partial charge in [-0.05, 0) is 39.3 Å². The number of urea groups is 1. The molecule has 2 rings (SSSR count). The summed E-state index contributed by atoms with van der Waals surface area (Å²) in [6.45, 7) is 7.75. The van der Waals surface area contributed by atoms with Gasteiger partial charge in [0.15, 0.2) is 6.10 Å². The van der Waals surface area contributed by atoms with Gasteiger partial charge >= 0.3 is 12.0 Å². The number of amides is 3. The largest absolute Gasteiger partial charge is 0.449 e. The molecule has 1 unspecified atom stereocenters. The number of nitrogens with zero attached hydrogens (tertiary/aromatic N) is 2. The first-order chi connectivity index (χ1) is 14.2. The summed E-state index contributed by atoms with van der Waals surface area (Å²) in [5, 5.41) is 9.31. The Labute approximate surface area is 180 Å². The molecular weight excluding hydrogens is 408 g/mol. The molecule has 0 spiro atoms. The fourth-order valence-corrected chi connectivity index (χ4v) is 2.86. The van der Waals surface area contributed by atoms with Gasteiger partial charge in [-0.2, -0.15) is 5.10 Å². The highest BCUT2D eigenvalue weighted by atomic mass is 35.5. The van der Waals surface area contributed by atoms with Gasteiger partial charge in [-0.1, -0.05) is 41.4 Å². The molecule has 3 amide bonds. The molecule has 2 aromatic rings. The predicted octanol–water partition coefficient (Wildman–Crippen LogP) is 2.99. The molecule has 0 radical (unpaired) electrons. The Hall–Kier alpha value is -3.13. The van der Waals surface area contributed by atoms with Gasteiger partial charge in [0.25, 0.3) is 5.91 Å². The van der Waals surface area contributed by atoms with Crippen LogP contribution in [0.4, 0.5) is 4.79 Å². The zero-order chi connectivity index (χ0) is 22.3. The zero-order valence-electron chi connectivity index (χ0n) is 17.4. The van der Waals surface area contributed by atoms with E-state index < -0.39 is 24.0 Å². The predicted molar refractivity (Wildman–Crippen MR) is 114 cm³/mol. The SMILES string of the molecule is CCNC(=O)NC(=O)C(C)OC(=O)/C=C/c1c(C)nn(Cc2ccc(C)cc2)c1Cl. The summed E-state index contributed by atoms with van der Waals surface area (Å²) < 4.78 is 6.67. The maximum atomic E-state index is 12.0. The summed E-state index contributed by atoms with van der Waals surface area (Å²) in [5.41, 5.74) is 3.45. The lowest BCUT2D eigenvalue weighted by molar-refractivity contribution is -0.149. The molecule has 8 nitrogen and oxygen atoms in total. The van der Waals surface area contributed by atoms with Crippen molar-refractivity contribution in [1.82, 2.24) is 20.4 Å². The normalized spacial score (nSPS) is 11.9. The van der Waals surface area contributed by atoms with E-state index >= 15 is 0 Å². The lowest BCUT2D eigenvalue weighted by Gasteiger charge is -2.11. The molecule has 0 bridgehead atoms. The average Bonchev–Trinajstić information content (AvgIpc) is 2.94. The number of rotatable bonds is 7. The number of imide groups is 1. The first-order valence-corrected chi connectivity index (χ1v) is 9.84. The molecule has 9 heteroatoms. The molecule has 0 fully saturated rings. The molecule has 30 heavy (non-hydrogen) atoms. The van der Waals surface area contributed by atoms with Crippen molar-refractivity contribution in [2.24, 2.45) is 0 Å². The second-order valence-corrected chi connectivity index (χ2v) is 7.05. The first kappa shape index (κ1) is 23.2. The number of aromatic nitrogens is 2. The van der Waals surface area contributed by atoms with Crippen LogP contribution in [0.3, 0.4) is 0 Å². The Morgan fingerprint density at radius 1 is 1.23 bits per heavy atom. The van der Waals surface area contributed by atoms with E-state index in [0.29, 0.717) is 29.5 Å². The lowest BCUT2D eigenvalue weighted by Crippen LogP contribution is -2.44. The maximum absolute atomic E-state index is 12.0. The highest BCUT2D eigenvalue weighted by Gasteiger charge is 2.19. The molecule has 0 aliphatic heterocycles. The first-order valence-electron chi connectivity index (χ1n) is 9.47. The number of esters is 1. The molecule has 1 heterocycles. The maximum Gasteiger partial charge on any atom is 0.331 e. The van der Waals surface area contributed by atoms with Crippen LogP contribution in [0.25, 0.3) is 6.08 Å². The molecule has 0 saturated carbocycles. The van der Waals surface area contributed by atoms with Crippen LogP contribution < -0.4 is 10.6 Å². The number of carbonyl (C=O) groups is 3. The third-order valence-corrected chi connectivity index (χ3v) is 4.58. The minimum atomic E-state index is -1.13. The van der Waals surface area contributed by atoms with Crippen molar-refractivity contribution in [2.45, 2.75) is 40.3 Å².